The van der Waals surface area contributed by atoms with Gasteiger partial charge in [0.25, 0.3) is 0 Å². The number of benzene rings is 1. The van der Waals surface area contributed by atoms with Gasteiger partial charge in [-0.1, -0.05) is 29.8 Å². The number of likely N-dealkylation sites (tertiary alicyclic amines) is 2. The van der Waals surface area contributed by atoms with Gasteiger partial charge >= 0.3 is 6.09 Å². The number of aromatic nitrogens is 3. The number of ether oxygens (including phenoxy) is 1. The number of fused-ring (bicyclic) bond motifs is 1. The molecule has 0 bridgehead atoms. The third-order valence-electron chi connectivity index (χ3n) is 7.21. The van der Waals surface area contributed by atoms with E-state index < -0.39 is 5.60 Å². The summed E-state index contributed by atoms with van der Waals surface area (Å²) in [6.07, 6.45) is 7.71. The first-order valence-electron chi connectivity index (χ1n) is 13.3. The molecule has 0 aliphatic carbocycles. The quantitative estimate of drug-likeness (QED) is 0.438. The van der Waals surface area contributed by atoms with Crippen LogP contribution < -0.4 is 5.32 Å². The maximum atomic E-state index is 12.4. The van der Waals surface area contributed by atoms with Crippen LogP contribution in [0.15, 0.2) is 36.7 Å². The predicted octanol–water partition coefficient (Wildman–Crippen LogP) is 5.80. The molecule has 8 nitrogen and oxygen atoms in total. The largest absolute Gasteiger partial charge is 0.444 e. The van der Waals surface area contributed by atoms with E-state index in [1.165, 1.54) is 0 Å². The fourth-order valence-electron chi connectivity index (χ4n) is 5.40. The number of halogens is 1. The second-order valence-corrected chi connectivity index (χ2v) is 11.7. The topological polar surface area (TPSA) is 86.4 Å². The maximum absolute atomic E-state index is 12.4. The molecule has 4 heterocycles. The minimum Gasteiger partial charge on any atom is -0.444 e. The molecular weight excluding hydrogens is 488 g/mol. The van der Waals surface area contributed by atoms with Crippen molar-refractivity contribution in [1.29, 1.82) is 0 Å². The molecule has 2 saturated heterocycles. The van der Waals surface area contributed by atoms with E-state index in [1.54, 1.807) is 6.20 Å². The van der Waals surface area contributed by atoms with E-state index in [1.807, 2.05) is 50.1 Å². The van der Waals surface area contributed by atoms with Crippen molar-refractivity contribution in [3.05, 3.63) is 41.7 Å². The molecule has 0 spiro atoms. The summed E-state index contributed by atoms with van der Waals surface area (Å²) in [6, 6.07) is 8.43. The Balaban J connectivity index is 1.17. The van der Waals surface area contributed by atoms with Gasteiger partial charge in [0, 0.05) is 54.9 Å². The molecule has 198 valence electrons. The number of amides is 1. The molecule has 0 radical (unpaired) electrons. The van der Waals surface area contributed by atoms with Crippen LogP contribution in [0.1, 0.15) is 46.5 Å². The van der Waals surface area contributed by atoms with Crippen LogP contribution in [0, 0.1) is 5.92 Å². The summed E-state index contributed by atoms with van der Waals surface area (Å²) in [5, 5.41) is 5.20. The summed E-state index contributed by atoms with van der Waals surface area (Å²) in [4.78, 5) is 29.4. The number of rotatable bonds is 5. The number of carbonyl (C=O) groups is 1. The Hall–Kier alpha value is -2.84. The van der Waals surface area contributed by atoms with Crippen molar-refractivity contribution < 1.29 is 9.53 Å². The summed E-state index contributed by atoms with van der Waals surface area (Å²) >= 11 is 6.52. The van der Waals surface area contributed by atoms with E-state index in [4.69, 9.17) is 21.3 Å². The molecule has 2 fully saturated rings. The van der Waals surface area contributed by atoms with Gasteiger partial charge in [0.1, 0.15) is 5.60 Å². The predicted molar refractivity (Wildman–Crippen MR) is 148 cm³/mol. The molecule has 2 aliphatic rings. The molecule has 0 unspecified atom stereocenters. The van der Waals surface area contributed by atoms with Gasteiger partial charge < -0.3 is 24.8 Å². The van der Waals surface area contributed by atoms with Gasteiger partial charge in [-0.25, -0.2) is 14.8 Å². The lowest BCUT2D eigenvalue weighted by Gasteiger charge is -2.38. The van der Waals surface area contributed by atoms with Gasteiger partial charge in [-0.2, -0.15) is 0 Å². The maximum Gasteiger partial charge on any atom is 0.410 e. The van der Waals surface area contributed by atoms with Crippen molar-refractivity contribution in [1.82, 2.24) is 24.8 Å². The fraction of sp³-hybridized carbons (Fsp3) is 0.536. The van der Waals surface area contributed by atoms with Crippen LogP contribution in [0.5, 0.6) is 0 Å². The van der Waals surface area contributed by atoms with E-state index in [0.717, 1.165) is 80.6 Å². The normalized spacial score (nSPS) is 19.8. The third-order valence-corrected chi connectivity index (χ3v) is 7.49. The number of nitrogens with one attached hydrogen (secondary N) is 2. The molecule has 9 heteroatoms. The van der Waals surface area contributed by atoms with Gasteiger partial charge in [-0.05, 0) is 65.0 Å². The minimum absolute atomic E-state index is 0.192. The number of para-hydroxylation sites is 1. The molecule has 1 aromatic carbocycles. The van der Waals surface area contributed by atoms with E-state index >= 15 is 0 Å². The molecule has 1 amide bonds. The minimum atomic E-state index is -0.451. The van der Waals surface area contributed by atoms with Crippen LogP contribution in [0.3, 0.4) is 0 Å². The average molecular weight is 525 g/mol. The van der Waals surface area contributed by atoms with E-state index in [0.29, 0.717) is 16.9 Å². The highest BCUT2D eigenvalue weighted by molar-refractivity contribution is 6.33. The second kappa shape index (κ2) is 10.9. The summed E-state index contributed by atoms with van der Waals surface area (Å²) < 4.78 is 5.54. The smallest absolute Gasteiger partial charge is 0.410 e. The lowest BCUT2D eigenvalue weighted by Crippen LogP contribution is -2.47. The Morgan fingerprint density at radius 3 is 2.76 bits per heavy atom. The van der Waals surface area contributed by atoms with E-state index in [9.17, 15) is 4.79 Å². The average Bonchev–Trinajstić information content (AvgIpc) is 3.29. The number of carbonyl (C=O) groups excluding carboxylic acids is 1. The number of anilines is 1. The summed E-state index contributed by atoms with van der Waals surface area (Å²) in [5.41, 5.74) is 2.32. The third kappa shape index (κ3) is 6.36. The number of hydrogen-bond acceptors (Lipinski definition) is 6. The Morgan fingerprint density at radius 1 is 1.19 bits per heavy atom. The molecule has 2 aromatic heterocycles. The fourth-order valence-corrected chi connectivity index (χ4v) is 5.60. The Kier molecular flexibility index (Phi) is 7.58. The van der Waals surface area contributed by atoms with Crippen molar-refractivity contribution >= 4 is 34.5 Å². The SMILES string of the molecule is CC(C)(C)OC(=O)N1CCC(CN2CCC[C@@H](Nc3ncc(Cl)c(-c4c[nH]c5ccccc45)n3)C2)CC1. The molecule has 37 heavy (non-hydrogen) atoms. The van der Waals surface area contributed by atoms with Crippen LogP contribution in [0.25, 0.3) is 22.2 Å². The second-order valence-electron chi connectivity index (χ2n) is 11.3. The zero-order valence-electron chi connectivity index (χ0n) is 22.0. The van der Waals surface area contributed by atoms with Crippen LogP contribution in [0.4, 0.5) is 10.7 Å². The molecule has 2 N–H and O–H groups in total. The highest BCUT2D eigenvalue weighted by atomic mass is 35.5. The highest BCUT2D eigenvalue weighted by Crippen LogP contribution is 2.32. The number of nitrogens with zero attached hydrogens (tertiary/aromatic N) is 4. The van der Waals surface area contributed by atoms with Crippen molar-refractivity contribution in [2.75, 3.05) is 38.0 Å². The van der Waals surface area contributed by atoms with Crippen LogP contribution in [0.2, 0.25) is 5.02 Å². The van der Waals surface area contributed by atoms with Gasteiger partial charge in [0.15, 0.2) is 0 Å². The number of H-pyrrole nitrogens is 1. The standard InChI is InChI=1S/C28H37ClN6O2/c1-28(2,3)37-27(36)35-13-10-19(11-14-35)17-34-12-6-7-20(18-34)32-26-31-16-23(29)25(33-26)22-15-30-24-9-5-4-8-21(22)24/h4-5,8-9,15-16,19-20,30H,6-7,10-14,17-18H2,1-3H3,(H,31,32,33)/t20-/m1/s1. The molecule has 3 aromatic rings. The van der Waals surface area contributed by atoms with Crippen molar-refractivity contribution in [2.45, 2.75) is 58.1 Å². The number of piperidine rings is 2. The molecule has 5 rings (SSSR count). The zero-order valence-corrected chi connectivity index (χ0v) is 22.7. The molecule has 1 atom stereocenters. The van der Waals surface area contributed by atoms with Crippen molar-refractivity contribution in [3.8, 4) is 11.3 Å². The van der Waals surface area contributed by atoms with Crippen LogP contribution in [-0.4, -0.2) is 75.2 Å². The van der Waals surface area contributed by atoms with Crippen molar-refractivity contribution in [2.24, 2.45) is 5.92 Å². The number of hydrogen-bond donors (Lipinski definition) is 2. The van der Waals surface area contributed by atoms with Crippen LogP contribution in [-0.2, 0) is 4.74 Å². The number of aromatic amines is 1. The van der Waals surface area contributed by atoms with Gasteiger partial charge in [0.2, 0.25) is 5.95 Å². The molecule has 2 aliphatic heterocycles. The van der Waals surface area contributed by atoms with Crippen molar-refractivity contribution in [3.63, 3.8) is 0 Å². The Bertz CT molecular complexity index is 1230. The van der Waals surface area contributed by atoms with E-state index in [2.05, 4.69) is 26.3 Å². The van der Waals surface area contributed by atoms with Gasteiger partial charge in [-0.3, -0.25) is 0 Å². The summed E-state index contributed by atoms with van der Waals surface area (Å²) in [5.74, 6) is 1.21. The molecule has 0 saturated carbocycles. The van der Waals surface area contributed by atoms with Crippen LogP contribution >= 0.6 is 11.6 Å². The lowest BCUT2D eigenvalue weighted by atomic mass is 9.95. The summed E-state index contributed by atoms with van der Waals surface area (Å²) in [7, 11) is 0. The first-order valence-corrected chi connectivity index (χ1v) is 13.7. The highest BCUT2D eigenvalue weighted by Gasteiger charge is 2.29. The zero-order chi connectivity index (χ0) is 26.0. The first kappa shape index (κ1) is 25.8. The van der Waals surface area contributed by atoms with Gasteiger partial charge in [0.05, 0.1) is 16.9 Å². The monoisotopic (exact) mass is 524 g/mol. The Labute approximate surface area is 223 Å². The Morgan fingerprint density at radius 2 is 1.97 bits per heavy atom. The van der Waals surface area contributed by atoms with E-state index in [-0.39, 0.29) is 12.1 Å². The first-order chi connectivity index (χ1) is 17.7. The molecular formula is C28H37ClN6O2. The summed E-state index contributed by atoms with van der Waals surface area (Å²) in [6.45, 7) is 10.4. The van der Waals surface area contributed by atoms with Gasteiger partial charge in [-0.15, -0.1) is 0 Å². The lowest BCUT2D eigenvalue weighted by molar-refractivity contribution is 0.0166.